The highest BCUT2D eigenvalue weighted by Crippen LogP contribution is 2.26. The van der Waals surface area contributed by atoms with Gasteiger partial charge in [-0.05, 0) is 40.5 Å². The zero-order valence-corrected chi connectivity index (χ0v) is 16.6. The molecular formula is C18H20N6O3S. The fourth-order valence-corrected chi connectivity index (χ4v) is 3.74. The van der Waals surface area contributed by atoms with Crippen molar-refractivity contribution < 1.29 is 14.3 Å². The van der Waals surface area contributed by atoms with Gasteiger partial charge in [0.05, 0.1) is 19.2 Å². The highest BCUT2D eigenvalue weighted by molar-refractivity contribution is 7.16. The molecule has 0 spiro atoms. The van der Waals surface area contributed by atoms with Crippen LogP contribution in [-0.4, -0.2) is 44.2 Å². The van der Waals surface area contributed by atoms with Crippen molar-refractivity contribution in [2.45, 2.75) is 26.7 Å². The van der Waals surface area contributed by atoms with E-state index in [0.29, 0.717) is 17.5 Å². The van der Waals surface area contributed by atoms with E-state index in [1.807, 2.05) is 24.3 Å². The predicted molar refractivity (Wildman–Crippen MR) is 103 cm³/mol. The number of benzene rings is 1. The molecule has 0 saturated heterocycles. The molecule has 1 amide bonds. The maximum absolute atomic E-state index is 12.4. The summed E-state index contributed by atoms with van der Waals surface area (Å²) in [6.07, 6.45) is 2.37. The molecule has 10 heteroatoms. The average molecular weight is 400 g/mol. The molecule has 28 heavy (non-hydrogen) atoms. The maximum Gasteiger partial charge on any atom is 0.357 e. The van der Waals surface area contributed by atoms with Crippen molar-refractivity contribution in [1.29, 1.82) is 0 Å². The maximum atomic E-state index is 12.4. The lowest BCUT2D eigenvalue weighted by Gasteiger charge is -2.04. The van der Waals surface area contributed by atoms with Crippen LogP contribution in [0.4, 0.5) is 5.13 Å². The number of hydrogen-bond acceptors (Lipinski definition) is 8. The summed E-state index contributed by atoms with van der Waals surface area (Å²) in [6, 6.07) is 7.34. The van der Waals surface area contributed by atoms with Crippen molar-refractivity contribution in [3.63, 3.8) is 0 Å². The number of tetrazole rings is 1. The Morgan fingerprint density at radius 1 is 1.25 bits per heavy atom. The zero-order chi connectivity index (χ0) is 20.1. The van der Waals surface area contributed by atoms with E-state index in [9.17, 15) is 9.59 Å². The molecule has 3 aromatic rings. The molecule has 0 saturated carbocycles. The van der Waals surface area contributed by atoms with E-state index < -0.39 is 5.97 Å². The summed E-state index contributed by atoms with van der Waals surface area (Å²) in [5, 5.41) is 14.2. The minimum atomic E-state index is -0.495. The predicted octanol–water partition coefficient (Wildman–Crippen LogP) is 2.29. The van der Waals surface area contributed by atoms with Gasteiger partial charge in [0.15, 0.2) is 10.8 Å². The molecule has 0 aliphatic carbocycles. The molecule has 146 valence electrons. The van der Waals surface area contributed by atoms with Gasteiger partial charge in [-0.2, -0.15) is 0 Å². The Hall–Kier alpha value is -3.14. The molecule has 0 fully saturated rings. The number of esters is 1. The number of nitrogens with zero attached hydrogens (tertiary/aromatic N) is 5. The number of nitrogens with one attached hydrogen (secondary N) is 1. The minimum Gasteiger partial charge on any atom is -0.464 e. The van der Waals surface area contributed by atoms with Crippen LogP contribution >= 0.6 is 11.3 Å². The molecule has 0 unspecified atom stereocenters. The van der Waals surface area contributed by atoms with Crippen LogP contribution in [0.25, 0.3) is 5.69 Å². The molecule has 0 aliphatic heterocycles. The van der Waals surface area contributed by atoms with Crippen molar-refractivity contribution in [1.82, 2.24) is 25.2 Å². The van der Waals surface area contributed by atoms with Gasteiger partial charge < -0.3 is 10.1 Å². The van der Waals surface area contributed by atoms with E-state index in [4.69, 9.17) is 4.74 Å². The van der Waals surface area contributed by atoms with Crippen LogP contribution in [0.5, 0.6) is 0 Å². The van der Waals surface area contributed by atoms with Gasteiger partial charge >= 0.3 is 5.97 Å². The summed E-state index contributed by atoms with van der Waals surface area (Å²) < 4.78 is 6.32. The Kier molecular flexibility index (Phi) is 6.09. The third-order valence-corrected chi connectivity index (χ3v) is 4.82. The first-order valence-corrected chi connectivity index (χ1v) is 9.48. The fraction of sp³-hybridized carbons (Fsp3) is 0.333. The Bertz CT molecular complexity index is 950. The SMILES string of the molecule is COC(=O)c1nc(NC(=O)Cc2ccc(-n3cnnn3)cc2)sc1CC(C)C. The van der Waals surface area contributed by atoms with Gasteiger partial charge in [0.25, 0.3) is 0 Å². The standard InChI is InChI=1S/C18H20N6O3S/c1-11(2)8-14-16(17(26)27-3)21-18(28-14)20-15(25)9-12-4-6-13(7-5-12)24-10-19-22-23-24/h4-7,10-11H,8-9H2,1-3H3,(H,20,21,25). The summed E-state index contributed by atoms with van der Waals surface area (Å²) in [5.74, 6) is -0.354. The van der Waals surface area contributed by atoms with E-state index in [0.717, 1.165) is 16.1 Å². The van der Waals surface area contributed by atoms with Crippen molar-refractivity contribution >= 4 is 28.3 Å². The van der Waals surface area contributed by atoms with Crippen molar-refractivity contribution in [3.05, 3.63) is 46.7 Å². The van der Waals surface area contributed by atoms with Crippen LogP contribution in [0.15, 0.2) is 30.6 Å². The van der Waals surface area contributed by atoms with E-state index >= 15 is 0 Å². The molecule has 9 nitrogen and oxygen atoms in total. The largest absolute Gasteiger partial charge is 0.464 e. The monoisotopic (exact) mass is 400 g/mol. The molecule has 2 aromatic heterocycles. The number of methoxy groups -OCH3 is 1. The Labute approximate surface area is 165 Å². The van der Waals surface area contributed by atoms with Crippen LogP contribution in [0, 0.1) is 5.92 Å². The van der Waals surface area contributed by atoms with Crippen molar-refractivity contribution in [3.8, 4) is 5.69 Å². The Balaban J connectivity index is 1.67. The number of thiazole rings is 1. The van der Waals surface area contributed by atoms with Crippen LogP contribution in [0.3, 0.4) is 0 Å². The van der Waals surface area contributed by atoms with E-state index in [-0.39, 0.29) is 18.0 Å². The normalized spacial score (nSPS) is 10.9. The van der Waals surface area contributed by atoms with Gasteiger partial charge in [-0.1, -0.05) is 26.0 Å². The molecular weight excluding hydrogens is 380 g/mol. The quantitative estimate of drug-likeness (QED) is 0.606. The average Bonchev–Trinajstić information content (AvgIpc) is 3.31. The summed E-state index contributed by atoms with van der Waals surface area (Å²) in [6.45, 7) is 4.11. The van der Waals surface area contributed by atoms with E-state index in [1.54, 1.807) is 0 Å². The van der Waals surface area contributed by atoms with Crippen LogP contribution < -0.4 is 5.32 Å². The number of carbonyl (C=O) groups excluding carboxylic acids is 2. The second-order valence-corrected chi connectivity index (χ2v) is 7.61. The summed E-state index contributed by atoms with van der Waals surface area (Å²) in [7, 11) is 1.32. The van der Waals surface area contributed by atoms with E-state index in [2.05, 4.69) is 39.7 Å². The number of hydrogen-bond donors (Lipinski definition) is 1. The number of amides is 1. The van der Waals surface area contributed by atoms with Gasteiger partial charge in [-0.25, -0.2) is 14.5 Å². The second kappa shape index (κ2) is 8.70. The highest BCUT2D eigenvalue weighted by Gasteiger charge is 2.20. The molecule has 1 aromatic carbocycles. The molecule has 1 N–H and O–H groups in total. The number of rotatable bonds is 7. The zero-order valence-electron chi connectivity index (χ0n) is 15.7. The topological polar surface area (TPSA) is 112 Å². The van der Waals surface area contributed by atoms with Crippen LogP contribution in [0.2, 0.25) is 0 Å². The summed E-state index contributed by atoms with van der Waals surface area (Å²) >= 11 is 1.30. The van der Waals surface area contributed by atoms with Gasteiger partial charge in [-0.3, -0.25) is 4.79 Å². The number of carbonyl (C=O) groups is 2. The smallest absolute Gasteiger partial charge is 0.357 e. The molecule has 2 heterocycles. The first-order chi connectivity index (χ1) is 13.5. The minimum absolute atomic E-state index is 0.183. The van der Waals surface area contributed by atoms with Crippen molar-refractivity contribution in [2.24, 2.45) is 5.92 Å². The molecule has 0 bridgehead atoms. The van der Waals surface area contributed by atoms with Gasteiger partial charge in [0.1, 0.15) is 6.33 Å². The van der Waals surface area contributed by atoms with Crippen LogP contribution in [0.1, 0.15) is 34.8 Å². The summed E-state index contributed by atoms with van der Waals surface area (Å²) in [5.41, 5.74) is 1.90. The van der Waals surface area contributed by atoms with Crippen molar-refractivity contribution in [2.75, 3.05) is 12.4 Å². The lowest BCUT2D eigenvalue weighted by atomic mass is 10.1. The van der Waals surface area contributed by atoms with Crippen LogP contribution in [-0.2, 0) is 22.4 Å². The van der Waals surface area contributed by atoms with Gasteiger partial charge in [-0.15, -0.1) is 16.4 Å². The highest BCUT2D eigenvalue weighted by atomic mass is 32.1. The van der Waals surface area contributed by atoms with Gasteiger partial charge in [0.2, 0.25) is 5.91 Å². The first kappa shape index (κ1) is 19.6. The molecule has 0 aliphatic rings. The number of aromatic nitrogens is 5. The third-order valence-electron chi connectivity index (χ3n) is 3.83. The first-order valence-electron chi connectivity index (χ1n) is 8.66. The number of ether oxygens (including phenoxy) is 1. The second-order valence-electron chi connectivity index (χ2n) is 6.53. The fourth-order valence-electron chi connectivity index (χ4n) is 2.57. The number of anilines is 1. The molecule has 0 radical (unpaired) electrons. The van der Waals surface area contributed by atoms with Gasteiger partial charge in [0, 0.05) is 4.88 Å². The van der Waals surface area contributed by atoms with E-state index in [1.165, 1.54) is 29.5 Å². The molecule has 0 atom stereocenters. The Morgan fingerprint density at radius 3 is 2.61 bits per heavy atom. The Morgan fingerprint density at radius 2 is 2.00 bits per heavy atom. The summed E-state index contributed by atoms with van der Waals surface area (Å²) in [4.78, 5) is 29.4. The molecule has 3 rings (SSSR count). The third kappa shape index (κ3) is 4.77. The lowest BCUT2D eigenvalue weighted by molar-refractivity contribution is -0.115. The lowest BCUT2D eigenvalue weighted by Crippen LogP contribution is -2.14.